The molecule has 2 rings (SSSR count). The summed E-state index contributed by atoms with van der Waals surface area (Å²) in [5, 5.41) is 20.5. The van der Waals surface area contributed by atoms with Gasteiger partial charge in [-0.3, -0.25) is 28.8 Å². The van der Waals surface area contributed by atoms with Crippen molar-refractivity contribution in [3.63, 3.8) is 0 Å². The summed E-state index contributed by atoms with van der Waals surface area (Å²) in [5.74, 6) is -4.90. The van der Waals surface area contributed by atoms with Crippen LogP contribution in [0.4, 0.5) is 0 Å². The lowest BCUT2D eigenvalue weighted by Crippen LogP contribution is -2.60. The minimum atomic E-state index is -1.27. The molecule has 0 radical (unpaired) electrons. The Bertz CT molecular complexity index is 1310. The number of hydrogen-bond donors (Lipinski definition) is 7. The third kappa shape index (κ3) is 10.1. The summed E-state index contributed by atoms with van der Waals surface area (Å²) < 4.78 is 0. The highest BCUT2D eigenvalue weighted by molar-refractivity contribution is 5.96. The van der Waals surface area contributed by atoms with Crippen molar-refractivity contribution in [1.29, 1.82) is 0 Å². The number of H-pyrrole nitrogens is 1. The summed E-state index contributed by atoms with van der Waals surface area (Å²) in [6.45, 7) is 8.65. The van der Waals surface area contributed by atoms with E-state index in [0.29, 0.717) is 18.4 Å². The minimum absolute atomic E-state index is 0.0224. The summed E-state index contributed by atoms with van der Waals surface area (Å²) in [6, 6.07) is 3.01. The zero-order valence-electron chi connectivity index (χ0n) is 25.4. The fraction of sp³-hybridized carbons (Fsp3) is 0.533. The van der Waals surface area contributed by atoms with Gasteiger partial charge in [0.15, 0.2) is 0 Å². The molecule has 0 bridgehead atoms. The highest BCUT2D eigenvalue weighted by Gasteiger charge is 2.34. The first-order valence-electron chi connectivity index (χ1n) is 14.5. The van der Waals surface area contributed by atoms with Crippen LogP contribution in [-0.2, 0) is 35.2 Å². The highest BCUT2D eigenvalue weighted by atomic mass is 16.4. The van der Waals surface area contributed by atoms with Gasteiger partial charge in [0.05, 0.1) is 0 Å². The van der Waals surface area contributed by atoms with Gasteiger partial charge in [-0.2, -0.15) is 0 Å². The molecule has 0 aliphatic carbocycles. The Labute approximate surface area is 251 Å². The van der Waals surface area contributed by atoms with Gasteiger partial charge in [-0.25, -0.2) is 0 Å². The zero-order valence-corrected chi connectivity index (χ0v) is 25.4. The molecule has 0 fully saturated rings. The van der Waals surface area contributed by atoms with E-state index in [9.17, 15) is 28.8 Å². The number of hydrogen-bond acceptors (Lipinski definition) is 6. The number of rotatable bonds is 17. The van der Waals surface area contributed by atoms with Crippen molar-refractivity contribution in [2.75, 3.05) is 0 Å². The molecule has 2 unspecified atom stereocenters. The summed E-state index contributed by atoms with van der Waals surface area (Å²) in [5.41, 5.74) is 6.96. The SMILES string of the molecule is CCC(C)[C@H](NC(C)=O)C(=O)N[C@H](C(=O)N[C@@H](Cc1c[nH]c2ccccc12)C(=O)N[C@@H](CCC(=O)O)C(N)=O)C(C)CC. The zero-order chi connectivity index (χ0) is 32.3. The van der Waals surface area contributed by atoms with Crippen molar-refractivity contribution in [2.24, 2.45) is 17.6 Å². The van der Waals surface area contributed by atoms with Gasteiger partial charge in [-0.05, 0) is 29.9 Å². The molecule has 5 amide bonds. The van der Waals surface area contributed by atoms with E-state index < -0.39 is 60.2 Å². The number of primary amides is 1. The lowest BCUT2D eigenvalue weighted by molar-refractivity contribution is -0.138. The Morgan fingerprint density at radius 1 is 0.837 bits per heavy atom. The monoisotopic (exact) mass is 600 g/mol. The van der Waals surface area contributed by atoms with Crippen LogP contribution in [0.15, 0.2) is 30.5 Å². The molecule has 0 aliphatic heterocycles. The Hall–Kier alpha value is -4.42. The standard InChI is InChI=1S/C30H44N6O7/c1-6-16(3)25(33-18(5)37)30(43)36-26(17(4)7-2)29(42)35-23(14-19-15-32-21-11-9-8-10-20(19)21)28(41)34-22(27(31)40)12-13-24(38)39/h8-11,15-17,22-23,25-26,32H,6-7,12-14H2,1-5H3,(H2,31,40)(H,33,37)(H,34,41)(H,35,42)(H,36,43)(H,38,39)/t16?,17?,22-,23-,25-,26-/m0/s1. The number of aromatic amines is 1. The van der Waals surface area contributed by atoms with Crippen molar-refractivity contribution in [3.8, 4) is 0 Å². The number of aliphatic carboxylic acids is 1. The molecule has 43 heavy (non-hydrogen) atoms. The number of amides is 5. The van der Waals surface area contributed by atoms with E-state index in [1.54, 1.807) is 13.1 Å². The van der Waals surface area contributed by atoms with E-state index in [2.05, 4.69) is 26.3 Å². The van der Waals surface area contributed by atoms with Crippen LogP contribution in [0.25, 0.3) is 10.9 Å². The summed E-state index contributed by atoms with van der Waals surface area (Å²) in [6.07, 6.45) is 2.23. The lowest BCUT2D eigenvalue weighted by atomic mass is 9.94. The quantitative estimate of drug-likeness (QED) is 0.140. The molecule has 0 aliphatic rings. The minimum Gasteiger partial charge on any atom is -0.481 e. The Balaban J connectivity index is 2.39. The van der Waals surface area contributed by atoms with Crippen molar-refractivity contribution >= 4 is 46.4 Å². The molecule has 13 nitrogen and oxygen atoms in total. The summed E-state index contributed by atoms with van der Waals surface area (Å²) in [4.78, 5) is 78.5. The predicted molar refractivity (Wildman–Crippen MR) is 160 cm³/mol. The molecule has 6 atom stereocenters. The van der Waals surface area contributed by atoms with E-state index in [0.717, 1.165) is 10.9 Å². The van der Waals surface area contributed by atoms with Gasteiger partial charge in [0.1, 0.15) is 24.2 Å². The Morgan fingerprint density at radius 2 is 1.40 bits per heavy atom. The number of carboxylic acid groups (broad SMARTS) is 1. The largest absolute Gasteiger partial charge is 0.481 e. The van der Waals surface area contributed by atoms with Crippen LogP contribution in [0.5, 0.6) is 0 Å². The number of benzene rings is 1. The van der Waals surface area contributed by atoms with Crippen LogP contribution < -0.4 is 27.0 Å². The van der Waals surface area contributed by atoms with E-state index in [1.807, 2.05) is 45.0 Å². The molecule has 0 spiro atoms. The first kappa shape index (κ1) is 34.8. The molecule has 1 aromatic heterocycles. The molecule has 0 saturated carbocycles. The smallest absolute Gasteiger partial charge is 0.303 e. The molecule has 1 aromatic carbocycles. The van der Waals surface area contributed by atoms with Gasteiger partial charge in [-0.1, -0.05) is 58.7 Å². The average molecular weight is 601 g/mol. The van der Waals surface area contributed by atoms with Crippen LogP contribution >= 0.6 is 0 Å². The second-order valence-electron chi connectivity index (χ2n) is 11.0. The first-order chi connectivity index (χ1) is 20.3. The van der Waals surface area contributed by atoms with Gasteiger partial charge in [0.2, 0.25) is 29.5 Å². The van der Waals surface area contributed by atoms with Crippen LogP contribution in [0.2, 0.25) is 0 Å². The van der Waals surface area contributed by atoms with Gasteiger partial charge in [-0.15, -0.1) is 0 Å². The number of para-hydroxylation sites is 1. The predicted octanol–water partition coefficient (Wildman–Crippen LogP) is 1.11. The second-order valence-corrected chi connectivity index (χ2v) is 11.0. The van der Waals surface area contributed by atoms with E-state index in [-0.39, 0.29) is 30.6 Å². The van der Waals surface area contributed by atoms with Crippen molar-refractivity contribution in [1.82, 2.24) is 26.3 Å². The van der Waals surface area contributed by atoms with Crippen LogP contribution in [0.3, 0.4) is 0 Å². The summed E-state index contributed by atoms with van der Waals surface area (Å²) in [7, 11) is 0. The number of aromatic nitrogens is 1. The van der Waals surface area contributed by atoms with E-state index >= 15 is 0 Å². The van der Waals surface area contributed by atoms with Gasteiger partial charge in [0.25, 0.3) is 0 Å². The second kappa shape index (κ2) is 16.3. The molecular formula is C30H44N6O7. The van der Waals surface area contributed by atoms with Gasteiger partial charge < -0.3 is 37.1 Å². The maximum atomic E-state index is 13.7. The number of carboxylic acids is 1. The van der Waals surface area contributed by atoms with E-state index in [4.69, 9.17) is 10.8 Å². The maximum absolute atomic E-state index is 13.7. The van der Waals surface area contributed by atoms with Gasteiger partial charge in [0, 0.05) is 36.9 Å². The van der Waals surface area contributed by atoms with E-state index in [1.165, 1.54) is 6.92 Å². The average Bonchev–Trinajstić information content (AvgIpc) is 3.37. The van der Waals surface area contributed by atoms with Crippen molar-refractivity contribution in [3.05, 3.63) is 36.0 Å². The molecular weight excluding hydrogens is 556 g/mol. The first-order valence-corrected chi connectivity index (χ1v) is 14.5. The topological polar surface area (TPSA) is 213 Å². The van der Waals surface area contributed by atoms with Crippen LogP contribution in [-0.4, -0.2) is 69.8 Å². The molecule has 8 N–H and O–H groups in total. The van der Waals surface area contributed by atoms with Gasteiger partial charge >= 0.3 is 5.97 Å². The number of fused-ring (bicyclic) bond motifs is 1. The Morgan fingerprint density at radius 3 is 1.95 bits per heavy atom. The number of nitrogens with two attached hydrogens (primary N) is 1. The molecule has 236 valence electrons. The lowest BCUT2D eigenvalue weighted by Gasteiger charge is -2.30. The molecule has 0 saturated heterocycles. The highest BCUT2D eigenvalue weighted by Crippen LogP contribution is 2.20. The van der Waals surface area contributed by atoms with Crippen LogP contribution in [0.1, 0.15) is 65.9 Å². The third-order valence-electron chi connectivity index (χ3n) is 7.69. The summed E-state index contributed by atoms with van der Waals surface area (Å²) >= 11 is 0. The maximum Gasteiger partial charge on any atom is 0.303 e. The number of carbonyl (C=O) groups is 6. The molecule has 2 aromatic rings. The molecule has 1 heterocycles. The third-order valence-corrected chi connectivity index (χ3v) is 7.69. The molecule has 13 heteroatoms. The van der Waals surface area contributed by atoms with Crippen LogP contribution in [0, 0.1) is 11.8 Å². The number of carbonyl (C=O) groups excluding carboxylic acids is 5. The van der Waals surface area contributed by atoms with Crippen molar-refractivity contribution < 1.29 is 33.9 Å². The fourth-order valence-electron chi connectivity index (χ4n) is 4.68. The normalized spacial score (nSPS) is 15.3. The Kier molecular flexibility index (Phi) is 13.2. The number of nitrogens with one attached hydrogen (secondary N) is 5. The van der Waals surface area contributed by atoms with Crippen molar-refractivity contribution in [2.45, 2.75) is 90.9 Å². The fourth-order valence-corrected chi connectivity index (χ4v) is 4.68.